The molecule has 0 aliphatic heterocycles. The number of nitrogens with two attached hydrogens (primary N) is 1. The van der Waals surface area contributed by atoms with Crippen molar-refractivity contribution in [3.63, 3.8) is 0 Å². The van der Waals surface area contributed by atoms with Gasteiger partial charge >= 0.3 is 5.95 Å². The zero-order chi connectivity index (χ0) is 11.6. The zero-order valence-corrected chi connectivity index (χ0v) is 9.18. The highest BCUT2D eigenvalue weighted by molar-refractivity contribution is 7.55. The first-order valence-electron chi connectivity index (χ1n) is 3.97. The van der Waals surface area contributed by atoms with Crippen molar-refractivity contribution in [2.75, 3.05) is 6.66 Å². The van der Waals surface area contributed by atoms with Gasteiger partial charge in [-0.15, -0.1) is 0 Å². The molecule has 0 saturated heterocycles. The van der Waals surface area contributed by atoms with E-state index in [2.05, 4.69) is 4.98 Å². The Bertz CT molecular complexity index is 423. The second-order valence-corrected chi connectivity index (χ2v) is 5.12. The average molecular weight is 234 g/mol. The minimum absolute atomic E-state index is 0.0678. The maximum atomic E-state index is 11.0. The van der Waals surface area contributed by atoms with Crippen LogP contribution in [0.4, 0.5) is 5.95 Å². The molecule has 1 rings (SSSR count). The lowest BCUT2D eigenvalue weighted by atomic mass is 10.5. The number of nitrogens with zero attached hydrogens (tertiary/aromatic N) is 3. The van der Waals surface area contributed by atoms with Crippen LogP contribution in [0, 0.1) is 10.1 Å². The first kappa shape index (κ1) is 11.8. The van der Waals surface area contributed by atoms with E-state index in [4.69, 9.17) is 10.0 Å². The fraction of sp³-hybridized carbons (Fsp3) is 0.500. The summed E-state index contributed by atoms with van der Waals surface area (Å²) in [5.74, 6) is -0.295. The van der Waals surface area contributed by atoms with Crippen LogP contribution in [0.1, 0.15) is 5.69 Å². The number of hydrogen-bond donors (Lipinski definition) is 1. The number of imidazole rings is 1. The highest BCUT2D eigenvalue weighted by atomic mass is 31.2. The molecule has 0 radical (unpaired) electrons. The number of rotatable bonds is 4. The monoisotopic (exact) mass is 234 g/mol. The first-order valence-corrected chi connectivity index (χ1v) is 6.11. The first-order chi connectivity index (χ1) is 6.81. The lowest BCUT2D eigenvalue weighted by Crippen LogP contribution is -2.04. The van der Waals surface area contributed by atoms with Crippen molar-refractivity contribution in [1.29, 1.82) is 0 Å². The molecule has 84 valence electrons. The molecule has 0 saturated carbocycles. The zero-order valence-electron chi connectivity index (χ0n) is 8.28. The van der Waals surface area contributed by atoms with Crippen molar-refractivity contribution < 1.29 is 14.0 Å². The predicted octanol–water partition coefficient (Wildman–Crippen LogP) is 0.626. The Balaban J connectivity index is 2.80. The van der Waals surface area contributed by atoms with Gasteiger partial charge in [0.05, 0.1) is 7.05 Å². The molecular formula is C6H11N4O4P. The van der Waals surface area contributed by atoms with Crippen molar-refractivity contribution in [2.45, 2.75) is 6.61 Å². The summed E-state index contributed by atoms with van der Waals surface area (Å²) in [6.45, 7) is 1.19. The minimum Gasteiger partial charge on any atom is -0.390 e. The lowest BCUT2D eigenvalue weighted by Gasteiger charge is -2.06. The van der Waals surface area contributed by atoms with E-state index in [0.29, 0.717) is 5.69 Å². The third kappa shape index (κ3) is 3.12. The molecule has 0 aliphatic rings. The molecule has 0 aromatic carbocycles. The Morgan fingerprint density at radius 3 is 2.80 bits per heavy atom. The van der Waals surface area contributed by atoms with Crippen molar-refractivity contribution >= 4 is 13.5 Å². The Morgan fingerprint density at radius 2 is 2.40 bits per heavy atom. The van der Waals surface area contributed by atoms with Crippen LogP contribution in [0.5, 0.6) is 0 Å². The van der Waals surface area contributed by atoms with E-state index in [1.165, 1.54) is 24.5 Å². The molecule has 9 heteroatoms. The van der Waals surface area contributed by atoms with Gasteiger partial charge in [-0.05, 0) is 4.92 Å². The topological polar surface area (TPSA) is 113 Å². The van der Waals surface area contributed by atoms with Crippen LogP contribution in [0.3, 0.4) is 0 Å². The van der Waals surface area contributed by atoms with Crippen LogP contribution in [0.15, 0.2) is 6.20 Å². The van der Waals surface area contributed by atoms with Crippen LogP contribution in [0.25, 0.3) is 0 Å². The van der Waals surface area contributed by atoms with E-state index in [9.17, 15) is 14.7 Å². The summed E-state index contributed by atoms with van der Waals surface area (Å²) < 4.78 is 17.1. The van der Waals surface area contributed by atoms with Gasteiger partial charge in [-0.25, -0.2) is 4.57 Å². The third-order valence-electron chi connectivity index (χ3n) is 1.69. The Morgan fingerprint density at radius 1 is 1.80 bits per heavy atom. The van der Waals surface area contributed by atoms with E-state index >= 15 is 0 Å². The van der Waals surface area contributed by atoms with Gasteiger partial charge in [0.2, 0.25) is 0 Å². The summed E-state index contributed by atoms with van der Waals surface area (Å²) in [5.41, 5.74) is 5.61. The predicted molar refractivity (Wildman–Crippen MR) is 52.4 cm³/mol. The molecule has 8 nitrogen and oxygen atoms in total. The normalized spacial score (nSPS) is 14.9. The Labute approximate surface area is 85.7 Å². The maximum absolute atomic E-state index is 11.0. The average Bonchev–Trinajstić information content (AvgIpc) is 2.42. The standard InChI is InChI=1S/C6H11N4O4P/c1-9-5(4-14-15(2,7)13)3-8-6(9)10(11)12/h3H,4H2,1-2H3,(H2,7,13). The molecule has 1 aromatic heterocycles. The molecule has 0 bridgehead atoms. The largest absolute Gasteiger partial charge is 0.434 e. The summed E-state index contributed by atoms with van der Waals surface area (Å²) in [5, 5.41) is 10.4. The van der Waals surface area contributed by atoms with Gasteiger partial charge in [-0.2, -0.15) is 0 Å². The van der Waals surface area contributed by atoms with E-state index in [-0.39, 0.29) is 12.6 Å². The molecule has 1 heterocycles. The van der Waals surface area contributed by atoms with Crippen molar-refractivity contribution in [1.82, 2.24) is 9.55 Å². The van der Waals surface area contributed by atoms with Crippen molar-refractivity contribution in [2.24, 2.45) is 12.6 Å². The Kier molecular flexibility index (Phi) is 3.23. The van der Waals surface area contributed by atoms with Gasteiger partial charge in [-0.3, -0.25) is 10.1 Å². The highest BCUT2D eigenvalue weighted by Gasteiger charge is 2.19. The van der Waals surface area contributed by atoms with Gasteiger partial charge in [0, 0.05) is 6.66 Å². The molecule has 15 heavy (non-hydrogen) atoms. The van der Waals surface area contributed by atoms with Crippen LogP contribution in [0.2, 0.25) is 0 Å². The van der Waals surface area contributed by atoms with Gasteiger partial charge in [0.1, 0.15) is 18.5 Å². The number of hydrogen-bond acceptors (Lipinski definition) is 5. The quantitative estimate of drug-likeness (QED) is 0.464. The van der Waals surface area contributed by atoms with Gasteiger partial charge in [-0.1, -0.05) is 4.98 Å². The van der Waals surface area contributed by atoms with Crippen LogP contribution >= 0.6 is 7.52 Å². The molecule has 1 unspecified atom stereocenters. The summed E-state index contributed by atoms with van der Waals surface area (Å²) in [6, 6.07) is 0. The lowest BCUT2D eigenvalue weighted by molar-refractivity contribution is -0.396. The smallest absolute Gasteiger partial charge is 0.390 e. The summed E-state index contributed by atoms with van der Waals surface area (Å²) in [6.07, 6.45) is 1.29. The van der Waals surface area contributed by atoms with Crippen LogP contribution < -0.4 is 5.50 Å². The highest BCUT2D eigenvalue weighted by Crippen LogP contribution is 2.33. The summed E-state index contributed by atoms with van der Waals surface area (Å²) >= 11 is 0. The summed E-state index contributed by atoms with van der Waals surface area (Å²) in [4.78, 5) is 13.4. The second kappa shape index (κ2) is 4.09. The number of aromatic nitrogens is 2. The SMILES string of the molecule is Cn1c(COP(C)(N)=O)cnc1[N+](=O)[O-]. The van der Waals surface area contributed by atoms with Crippen molar-refractivity contribution in [3.8, 4) is 0 Å². The summed E-state index contributed by atoms with van der Waals surface area (Å²) in [7, 11) is -1.60. The molecule has 0 spiro atoms. The van der Waals surface area contributed by atoms with Crippen molar-refractivity contribution in [3.05, 3.63) is 22.0 Å². The molecular weight excluding hydrogens is 223 g/mol. The fourth-order valence-corrected chi connectivity index (χ4v) is 1.32. The van der Waals surface area contributed by atoms with Gasteiger partial charge in [0.15, 0.2) is 0 Å². The molecule has 0 amide bonds. The molecule has 1 atom stereocenters. The maximum Gasteiger partial charge on any atom is 0.434 e. The minimum atomic E-state index is -3.08. The molecule has 2 N–H and O–H groups in total. The fourth-order valence-electron chi connectivity index (χ4n) is 0.932. The molecule has 0 aliphatic carbocycles. The van der Waals surface area contributed by atoms with Gasteiger partial charge in [0.25, 0.3) is 7.52 Å². The van der Waals surface area contributed by atoms with Crippen LogP contribution in [-0.2, 0) is 22.7 Å². The third-order valence-corrected chi connectivity index (χ3v) is 2.33. The van der Waals surface area contributed by atoms with E-state index in [1.54, 1.807) is 0 Å². The van der Waals surface area contributed by atoms with Gasteiger partial charge < -0.3 is 14.6 Å². The van der Waals surface area contributed by atoms with E-state index in [0.717, 1.165) is 0 Å². The van der Waals surface area contributed by atoms with E-state index < -0.39 is 12.4 Å². The molecule has 0 fully saturated rings. The van der Waals surface area contributed by atoms with E-state index in [1.807, 2.05) is 0 Å². The molecule has 1 aromatic rings. The number of nitro groups is 1. The van der Waals surface area contributed by atoms with Crippen LogP contribution in [-0.4, -0.2) is 21.1 Å². The second-order valence-electron chi connectivity index (χ2n) is 3.05. The Hall–Kier alpha value is -1.24.